The maximum Gasteiger partial charge on any atom is 0.266 e. The summed E-state index contributed by atoms with van der Waals surface area (Å²) in [5.74, 6) is 0.949. The van der Waals surface area contributed by atoms with Crippen LogP contribution < -0.4 is 15.0 Å². The van der Waals surface area contributed by atoms with E-state index in [-0.39, 0.29) is 5.56 Å². The topological polar surface area (TPSA) is 75.1 Å². The SMILES string of the molecule is COc1cc(Cl)c(-c2cc(C)[nH]c(=O)c2C#N)cc1OC. The summed E-state index contributed by atoms with van der Waals surface area (Å²) in [5.41, 5.74) is 1.21. The van der Waals surface area contributed by atoms with Gasteiger partial charge in [0, 0.05) is 22.9 Å². The Morgan fingerprint density at radius 2 is 1.76 bits per heavy atom. The highest BCUT2D eigenvalue weighted by molar-refractivity contribution is 6.33. The number of methoxy groups -OCH3 is 2. The molecule has 0 saturated heterocycles. The van der Waals surface area contributed by atoms with Gasteiger partial charge in [0.05, 0.1) is 19.2 Å². The van der Waals surface area contributed by atoms with Gasteiger partial charge in [0.25, 0.3) is 5.56 Å². The first-order valence-electron chi connectivity index (χ1n) is 6.07. The van der Waals surface area contributed by atoms with E-state index in [4.69, 9.17) is 21.1 Å². The smallest absolute Gasteiger partial charge is 0.266 e. The molecule has 0 aliphatic carbocycles. The van der Waals surface area contributed by atoms with Gasteiger partial charge < -0.3 is 14.5 Å². The maximum atomic E-state index is 11.9. The Balaban J connectivity index is 2.79. The molecule has 6 heteroatoms. The van der Waals surface area contributed by atoms with Crippen LogP contribution in [0.1, 0.15) is 11.3 Å². The number of aromatic amines is 1. The van der Waals surface area contributed by atoms with Crippen molar-refractivity contribution < 1.29 is 9.47 Å². The van der Waals surface area contributed by atoms with Crippen molar-refractivity contribution in [2.75, 3.05) is 14.2 Å². The van der Waals surface area contributed by atoms with Crippen molar-refractivity contribution in [3.05, 3.63) is 44.8 Å². The molecule has 0 amide bonds. The van der Waals surface area contributed by atoms with Crippen LogP contribution >= 0.6 is 11.6 Å². The van der Waals surface area contributed by atoms with Gasteiger partial charge in [0.2, 0.25) is 0 Å². The molecule has 0 saturated carbocycles. The first kappa shape index (κ1) is 14.9. The van der Waals surface area contributed by atoms with Crippen LogP contribution in [0.2, 0.25) is 5.02 Å². The Labute approximate surface area is 126 Å². The van der Waals surface area contributed by atoms with Crippen molar-refractivity contribution in [3.8, 4) is 28.7 Å². The van der Waals surface area contributed by atoms with Crippen molar-refractivity contribution in [2.45, 2.75) is 6.92 Å². The molecule has 0 bridgehead atoms. The van der Waals surface area contributed by atoms with E-state index in [1.165, 1.54) is 14.2 Å². The molecule has 0 aliphatic heterocycles. The summed E-state index contributed by atoms with van der Waals surface area (Å²) in [6, 6.07) is 6.85. The predicted molar refractivity (Wildman–Crippen MR) is 80.1 cm³/mol. The normalized spacial score (nSPS) is 10.0. The third-order valence-electron chi connectivity index (χ3n) is 3.04. The van der Waals surface area contributed by atoms with Crippen molar-refractivity contribution >= 4 is 11.6 Å². The molecule has 0 unspecified atom stereocenters. The van der Waals surface area contributed by atoms with Gasteiger partial charge >= 0.3 is 0 Å². The fourth-order valence-corrected chi connectivity index (χ4v) is 2.33. The number of aromatic nitrogens is 1. The minimum atomic E-state index is -0.446. The van der Waals surface area contributed by atoms with Gasteiger partial charge in [0.15, 0.2) is 11.5 Å². The number of H-pyrrole nitrogens is 1. The molecule has 0 fully saturated rings. The second-order valence-electron chi connectivity index (χ2n) is 4.37. The number of rotatable bonds is 3. The lowest BCUT2D eigenvalue weighted by atomic mass is 10.0. The second-order valence-corrected chi connectivity index (χ2v) is 4.78. The van der Waals surface area contributed by atoms with Crippen LogP contribution in [-0.2, 0) is 0 Å². The summed E-state index contributed by atoms with van der Waals surface area (Å²) in [7, 11) is 3.01. The highest BCUT2D eigenvalue weighted by atomic mass is 35.5. The predicted octanol–water partition coefficient (Wildman–Crippen LogP) is 2.89. The van der Waals surface area contributed by atoms with Gasteiger partial charge in [-0.3, -0.25) is 4.79 Å². The highest BCUT2D eigenvalue weighted by Crippen LogP contribution is 2.38. The Morgan fingerprint density at radius 3 is 2.33 bits per heavy atom. The molecule has 108 valence electrons. The Hall–Kier alpha value is -2.45. The number of pyridine rings is 1. The van der Waals surface area contributed by atoms with Gasteiger partial charge in [-0.1, -0.05) is 11.6 Å². The zero-order valence-electron chi connectivity index (χ0n) is 11.8. The number of nitrogens with zero attached hydrogens (tertiary/aromatic N) is 1. The average Bonchev–Trinajstić information content (AvgIpc) is 2.46. The largest absolute Gasteiger partial charge is 0.493 e. The lowest BCUT2D eigenvalue weighted by Crippen LogP contribution is -2.12. The van der Waals surface area contributed by atoms with Crippen LogP contribution in [0.25, 0.3) is 11.1 Å². The molecule has 5 nitrogen and oxygen atoms in total. The summed E-state index contributed by atoms with van der Waals surface area (Å²) in [6.45, 7) is 1.74. The third-order valence-corrected chi connectivity index (χ3v) is 3.36. The molecule has 0 aliphatic rings. The molecule has 0 spiro atoms. The lowest BCUT2D eigenvalue weighted by Gasteiger charge is -2.13. The zero-order chi connectivity index (χ0) is 15.6. The third kappa shape index (κ3) is 2.71. The molecular weight excluding hydrogens is 292 g/mol. The minimum absolute atomic E-state index is 0.00900. The van der Waals surface area contributed by atoms with E-state index in [1.807, 2.05) is 6.07 Å². The van der Waals surface area contributed by atoms with Crippen LogP contribution in [0.3, 0.4) is 0 Å². The molecule has 0 atom stereocenters. The van der Waals surface area contributed by atoms with E-state index in [0.29, 0.717) is 33.3 Å². The summed E-state index contributed by atoms with van der Waals surface area (Å²) in [4.78, 5) is 14.5. The minimum Gasteiger partial charge on any atom is -0.493 e. The number of halogens is 1. The summed E-state index contributed by atoms with van der Waals surface area (Å²) >= 11 is 6.25. The van der Waals surface area contributed by atoms with E-state index in [0.717, 1.165) is 0 Å². The van der Waals surface area contributed by atoms with Crippen molar-refractivity contribution in [2.24, 2.45) is 0 Å². The number of nitriles is 1. The first-order chi connectivity index (χ1) is 10.0. The highest BCUT2D eigenvalue weighted by Gasteiger charge is 2.16. The molecule has 2 rings (SSSR count). The average molecular weight is 305 g/mol. The van der Waals surface area contributed by atoms with Crippen LogP contribution in [0.5, 0.6) is 11.5 Å². The standard InChI is InChI=1S/C15H13ClN2O3/c1-8-4-9(11(7-17)15(19)18-8)10-5-13(20-2)14(21-3)6-12(10)16/h4-6H,1-3H3,(H,18,19). The zero-order valence-corrected chi connectivity index (χ0v) is 12.5. The van der Waals surface area contributed by atoms with Gasteiger partial charge in [0.1, 0.15) is 11.6 Å². The molecule has 1 N–H and O–H groups in total. The maximum absolute atomic E-state index is 11.9. The molecule has 1 heterocycles. The monoisotopic (exact) mass is 304 g/mol. The fraction of sp³-hybridized carbons (Fsp3) is 0.200. The number of aryl methyl sites for hydroxylation is 1. The van der Waals surface area contributed by atoms with Crippen molar-refractivity contribution in [3.63, 3.8) is 0 Å². The molecular formula is C15H13ClN2O3. The Kier molecular flexibility index (Phi) is 4.20. The number of benzene rings is 1. The first-order valence-corrected chi connectivity index (χ1v) is 6.45. The van der Waals surface area contributed by atoms with Gasteiger partial charge in [-0.15, -0.1) is 0 Å². The molecule has 2 aromatic rings. The van der Waals surface area contributed by atoms with Crippen LogP contribution in [0.15, 0.2) is 23.0 Å². The van der Waals surface area contributed by atoms with Crippen molar-refractivity contribution in [1.82, 2.24) is 4.98 Å². The second kappa shape index (κ2) is 5.90. The Morgan fingerprint density at radius 1 is 1.14 bits per heavy atom. The van der Waals surface area contributed by atoms with E-state index < -0.39 is 5.56 Å². The van der Waals surface area contributed by atoms with E-state index in [9.17, 15) is 10.1 Å². The number of ether oxygens (including phenoxy) is 2. The van der Waals surface area contributed by atoms with Crippen LogP contribution in [0.4, 0.5) is 0 Å². The fourth-order valence-electron chi connectivity index (χ4n) is 2.07. The lowest BCUT2D eigenvalue weighted by molar-refractivity contribution is 0.355. The van der Waals surface area contributed by atoms with Gasteiger partial charge in [-0.25, -0.2) is 0 Å². The molecule has 1 aromatic heterocycles. The molecule has 21 heavy (non-hydrogen) atoms. The Bertz CT molecular complexity index is 791. The number of hydrogen-bond donors (Lipinski definition) is 1. The van der Waals surface area contributed by atoms with Crippen LogP contribution in [0, 0.1) is 18.3 Å². The molecule has 0 radical (unpaired) electrons. The van der Waals surface area contributed by atoms with Gasteiger partial charge in [-0.2, -0.15) is 5.26 Å². The summed E-state index contributed by atoms with van der Waals surface area (Å²) < 4.78 is 10.4. The summed E-state index contributed by atoms with van der Waals surface area (Å²) in [5, 5.41) is 9.57. The van der Waals surface area contributed by atoms with E-state index in [1.54, 1.807) is 25.1 Å². The van der Waals surface area contributed by atoms with E-state index in [2.05, 4.69) is 4.98 Å². The van der Waals surface area contributed by atoms with Gasteiger partial charge in [-0.05, 0) is 19.1 Å². The van der Waals surface area contributed by atoms with E-state index >= 15 is 0 Å². The number of nitrogens with one attached hydrogen (secondary N) is 1. The van der Waals surface area contributed by atoms with Crippen LogP contribution in [-0.4, -0.2) is 19.2 Å². The number of hydrogen-bond acceptors (Lipinski definition) is 4. The quantitative estimate of drug-likeness (QED) is 0.946. The van der Waals surface area contributed by atoms with Crippen molar-refractivity contribution in [1.29, 1.82) is 5.26 Å². The summed E-state index contributed by atoms with van der Waals surface area (Å²) in [6.07, 6.45) is 0. The molecule has 1 aromatic carbocycles.